The van der Waals surface area contributed by atoms with Crippen LogP contribution in [0.3, 0.4) is 0 Å². The highest BCUT2D eigenvalue weighted by atomic mass is 16.5. The molecule has 0 spiro atoms. The first-order chi connectivity index (χ1) is 17.4. The minimum absolute atomic E-state index is 0.0670. The van der Waals surface area contributed by atoms with Gasteiger partial charge in [-0.25, -0.2) is 4.79 Å². The lowest BCUT2D eigenvalue weighted by atomic mass is 9.91. The second kappa shape index (κ2) is 9.91. The number of hydrogen-bond acceptors (Lipinski definition) is 6. The average molecular weight is 489 g/mol. The van der Waals surface area contributed by atoms with Crippen molar-refractivity contribution in [1.82, 2.24) is 10.2 Å². The van der Waals surface area contributed by atoms with Crippen molar-refractivity contribution in [2.45, 2.75) is 25.0 Å². The van der Waals surface area contributed by atoms with E-state index in [2.05, 4.69) is 5.32 Å². The number of rotatable bonds is 7. The summed E-state index contributed by atoms with van der Waals surface area (Å²) in [5.74, 6) is 1.28. The number of carbonyl (C=O) groups is 2. The number of amides is 3. The molecular weight excluding hydrogens is 460 g/mol. The van der Waals surface area contributed by atoms with E-state index in [0.717, 1.165) is 22.4 Å². The molecule has 0 aliphatic carbocycles. The zero-order valence-electron chi connectivity index (χ0n) is 20.0. The topological polar surface area (TPSA) is 97.3 Å². The first-order valence-corrected chi connectivity index (χ1v) is 11.9. The second-order valence-corrected chi connectivity index (χ2v) is 9.04. The van der Waals surface area contributed by atoms with E-state index in [0.29, 0.717) is 36.0 Å². The van der Waals surface area contributed by atoms with Crippen molar-refractivity contribution in [3.63, 3.8) is 0 Å². The minimum atomic E-state index is -1.28. The Bertz CT molecular complexity index is 1250. The monoisotopic (exact) mass is 488 g/mol. The number of nitrogens with one attached hydrogen (secondary N) is 1. The number of ether oxygens (including phenoxy) is 3. The molecule has 1 fully saturated rings. The van der Waals surface area contributed by atoms with E-state index in [9.17, 15) is 14.7 Å². The van der Waals surface area contributed by atoms with Crippen molar-refractivity contribution in [3.8, 4) is 28.4 Å². The summed E-state index contributed by atoms with van der Waals surface area (Å²) >= 11 is 0. The Balaban J connectivity index is 1.21. The number of urea groups is 1. The highest BCUT2D eigenvalue weighted by Gasteiger charge is 2.49. The van der Waals surface area contributed by atoms with Crippen molar-refractivity contribution >= 4 is 11.9 Å². The number of imide groups is 1. The van der Waals surface area contributed by atoms with E-state index in [4.69, 9.17) is 14.2 Å². The predicted octanol–water partition coefficient (Wildman–Crippen LogP) is 3.72. The number of carbonyl (C=O) groups excluding carboxylic acids is 2. The number of aliphatic hydroxyl groups is 1. The number of hydrogen-bond donors (Lipinski definition) is 2. The molecule has 3 aromatic carbocycles. The van der Waals surface area contributed by atoms with Gasteiger partial charge in [0, 0.05) is 6.42 Å². The maximum atomic E-state index is 13.3. The van der Waals surface area contributed by atoms with E-state index in [1.807, 2.05) is 54.6 Å². The molecule has 5 rings (SSSR count). The van der Waals surface area contributed by atoms with E-state index < -0.39 is 23.6 Å². The van der Waals surface area contributed by atoms with Crippen molar-refractivity contribution in [1.29, 1.82) is 0 Å². The Morgan fingerprint density at radius 3 is 2.42 bits per heavy atom. The molecule has 0 bridgehead atoms. The fourth-order valence-corrected chi connectivity index (χ4v) is 4.36. The van der Waals surface area contributed by atoms with Crippen LogP contribution in [-0.2, 0) is 10.3 Å². The molecule has 2 atom stereocenters. The third kappa shape index (κ3) is 4.72. The van der Waals surface area contributed by atoms with Crippen LogP contribution in [0.1, 0.15) is 18.9 Å². The van der Waals surface area contributed by atoms with Gasteiger partial charge in [0.15, 0.2) is 11.5 Å². The summed E-state index contributed by atoms with van der Waals surface area (Å²) in [7, 11) is 0. The van der Waals surface area contributed by atoms with Crippen LogP contribution in [0.2, 0.25) is 0 Å². The number of fused-ring (bicyclic) bond motifs is 1. The Morgan fingerprint density at radius 1 is 0.972 bits per heavy atom. The lowest BCUT2D eigenvalue weighted by Gasteiger charge is -2.24. The molecule has 2 aliphatic heterocycles. The molecule has 8 nitrogen and oxygen atoms in total. The summed E-state index contributed by atoms with van der Waals surface area (Å²) in [6.45, 7) is 2.46. The standard InChI is InChI=1S/C28H28N2O6/c1-28(21-10-13-24-25(16-21)35-15-5-14-34-24)26(32)30(27(33)29-28)17-22(31)18-36-23-11-8-20(9-12-23)19-6-3-2-4-7-19/h2-4,6-13,16,22,31H,5,14-15,17-18H2,1H3,(H,29,33). The Labute approximate surface area is 209 Å². The van der Waals surface area contributed by atoms with Crippen LogP contribution in [0.15, 0.2) is 72.8 Å². The molecule has 2 aliphatic rings. The number of benzene rings is 3. The fourth-order valence-electron chi connectivity index (χ4n) is 4.36. The molecule has 1 saturated heterocycles. The van der Waals surface area contributed by atoms with Crippen molar-refractivity contribution in [2.75, 3.05) is 26.4 Å². The van der Waals surface area contributed by atoms with Crippen LogP contribution in [0.5, 0.6) is 17.2 Å². The summed E-state index contributed by atoms with van der Waals surface area (Å²) in [6.07, 6.45) is -0.290. The third-order valence-electron chi connectivity index (χ3n) is 6.40. The molecular formula is C28H28N2O6. The molecule has 2 unspecified atom stereocenters. The minimum Gasteiger partial charge on any atom is -0.491 e. The van der Waals surface area contributed by atoms with Gasteiger partial charge in [-0.05, 0) is 47.9 Å². The molecule has 0 aromatic heterocycles. The lowest BCUT2D eigenvalue weighted by Crippen LogP contribution is -2.42. The number of β-amino-alcohol motifs (C(OH)–C–C–N with tert-alkyl or cyclic N) is 1. The van der Waals surface area contributed by atoms with Gasteiger partial charge in [-0.3, -0.25) is 9.69 Å². The summed E-state index contributed by atoms with van der Waals surface area (Å²) in [5, 5.41) is 13.3. The summed E-state index contributed by atoms with van der Waals surface area (Å²) < 4.78 is 17.1. The van der Waals surface area contributed by atoms with Gasteiger partial charge in [0.1, 0.15) is 24.0 Å². The molecule has 3 amide bonds. The maximum Gasteiger partial charge on any atom is 0.325 e. The van der Waals surface area contributed by atoms with Crippen molar-refractivity contribution in [3.05, 3.63) is 78.4 Å². The lowest BCUT2D eigenvalue weighted by molar-refractivity contribution is -0.132. The summed E-state index contributed by atoms with van der Waals surface area (Å²) in [5.41, 5.74) is 1.45. The van der Waals surface area contributed by atoms with Gasteiger partial charge in [0.25, 0.3) is 5.91 Å². The second-order valence-electron chi connectivity index (χ2n) is 9.04. The fraction of sp³-hybridized carbons (Fsp3) is 0.286. The zero-order valence-corrected chi connectivity index (χ0v) is 20.0. The summed E-state index contributed by atoms with van der Waals surface area (Å²) in [4.78, 5) is 27.0. The largest absolute Gasteiger partial charge is 0.491 e. The van der Waals surface area contributed by atoms with Crippen LogP contribution in [0, 0.1) is 0 Å². The summed E-state index contributed by atoms with van der Waals surface area (Å²) in [6, 6.07) is 22.1. The Morgan fingerprint density at radius 2 is 1.67 bits per heavy atom. The molecule has 2 N–H and O–H groups in total. The Kier molecular flexibility index (Phi) is 6.52. The van der Waals surface area contributed by atoms with Crippen LogP contribution < -0.4 is 19.5 Å². The van der Waals surface area contributed by atoms with E-state index in [1.54, 1.807) is 25.1 Å². The predicted molar refractivity (Wildman–Crippen MR) is 133 cm³/mol. The molecule has 8 heteroatoms. The quantitative estimate of drug-likeness (QED) is 0.492. The van der Waals surface area contributed by atoms with E-state index in [-0.39, 0.29) is 13.2 Å². The van der Waals surface area contributed by atoms with Crippen molar-refractivity contribution in [2.24, 2.45) is 0 Å². The zero-order chi connectivity index (χ0) is 25.1. The third-order valence-corrected chi connectivity index (χ3v) is 6.40. The van der Waals surface area contributed by atoms with Crippen LogP contribution in [0.25, 0.3) is 11.1 Å². The maximum absolute atomic E-state index is 13.3. The Hall–Kier alpha value is -4.04. The number of nitrogens with zero attached hydrogens (tertiary/aromatic N) is 1. The van der Waals surface area contributed by atoms with Gasteiger partial charge in [0.2, 0.25) is 0 Å². The smallest absolute Gasteiger partial charge is 0.325 e. The first-order valence-electron chi connectivity index (χ1n) is 11.9. The van der Waals surface area contributed by atoms with E-state index >= 15 is 0 Å². The van der Waals surface area contributed by atoms with Gasteiger partial charge in [-0.1, -0.05) is 48.5 Å². The van der Waals surface area contributed by atoms with E-state index in [1.165, 1.54) is 0 Å². The van der Waals surface area contributed by atoms with Crippen LogP contribution in [0.4, 0.5) is 4.79 Å². The van der Waals surface area contributed by atoms with Crippen LogP contribution in [-0.4, -0.2) is 54.4 Å². The molecule has 186 valence electrons. The first kappa shape index (κ1) is 23.7. The van der Waals surface area contributed by atoms with Gasteiger partial charge in [0.05, 0.1) is 19.8 Å². The highest BCUT2D eigenvalue weighted by Crippen LogP contribution is 2.36. The normalized spacial score (nSPS) is 20.0. The molecule has 2 heterocycles. The van der Waals surface area contributed by atoms with Gasteiger partial charge in [-0.2, -0.15) is 0 Å². The van der Waals surface area contributed by atoms with Gasteiger partial charge in [-0.15, -0.1) is 0 Å². The molecule has 36 heavy (non-hydrogen) atoms. The molecule has 0 saturated carbocycles. The number of aliphatic hydroxyl groups excluding tert-OH is 1. The van der Waals surface area contributed by atoms with Crippen LogP contribution >= 0.6 is 0 Å². The molecule has 0 radical (unpaired) electrons. The SMILES string of the molecule is CC1(c2ccc3c(c2)OCCCO3)NC(=O)N(CC(O)COc2ccc(-c3ccccc3)cc2)C1=O. The highest BCUT2D eigenvalue weighted by molar-refractivity contribution is 6.07. The van der Waals surface area contributed by atoms with Gasteiger partial charge < -0.3 is 24.6 Å². The van der Waals surface area contributed by atoms with Gasteiger partial charge >= 0.3 is 6.03 Å². The molecule has 3 aromatic rings. The van der Waals surface area contributed by atoms with Crippen molar-refractivity contribution < 1.29 is 28.9 Å². The average Bonchev–Trinajstić information content (AvgIpc) is 3.05.